The molecule has 3 fully saturated rings. The molecule has 0 aromatic heterocycles. The lowest BCUT2D eigenvalue weighted by molar-refractivity contribution is -0.379. The summed E-state index contributed by atoms with van der Waals surface area (Å²) in [6.45, 7) is 1.64. The zero-order valence-corrected chi connectivity index (χ0v) is 61.6. The van der Waals surface area contributed by atoms with E-state index in [2.05, 4.69) is 104 Å². The second-order valence-electron chi connectivity index (χ2n) is 27.8. The van der Waals surface area contributed by atoms with Gasteiger partial charge in [0, 0.05) is 6.42 Å². The van der Waals surface area contributed by atoms with Crippen molar-refractivity contribution in [3.63, 3.8) is 0 Å². The summed E-state index contributed by atoms with van der Waals surface area (Å²) in [6, 6.07) is -0.978. The summed E-state index contributed by atoms with van der Waals surface area (Å²) in [5, 5.41) is 121. The fourth-order valence-corrected chi connectivity index (χ4v) is 12.8. The van der Waals surface area contributed by atoms with Crippen molar-refractivity contribution in [2.24, 2.45) is 0 Å². The van der Waals surface area contributed by atoms with Crippen LogP contribution in [0.15, 0.2) is 97.2 Å². The number of unbranched alkanes of at least 4 members (excludes halogenated alkanes) is 31. The summed E-state index contributed by atoms with van der Waals surface area (Å²) in [6.07, 6.45) is 55.3. The highest BCUT2D eigenvalue weighted by Crippen LogP contribution is 2.33. The first-order valence-corrected chi connectivity index (χ1v) is 39.5. The van der Waals surface area contributed by atoms with Gasteiger partial charge in [-0.15, -0.1) is 0 Å². The molecule has 3 rings (SSSR count). The molecule has 0 aliphatic carbocycles. The van der Waals surface area contributed by atoms with E-state index in [9.17, 15) is 61.0 Å². The Hall–Kier alpha value is -3.29. The maximum atomic E-state index is 13.5. The normalized spacial score (nSPS) is 27.0. The third kappa shape index (κ3) is 40.8. The van der Waals surface area contributed by atoms with Crippen LogP contribution in [0.4, 0.5) is 0 Å². The largest absolute Gasteiger partial charge is 0.394 e. The molecule has 3 aliphatic heterocycles. The van der Waals surface area contributed by atoms with Gasteiger partial charge in [-0.3, -0.25) is 4.79 Å². The molecule has 0 saturated carbocycles. The molecule has 100 heavy (non-hydrogen) atoms. The van der Waals surface area contributed by atoms with E-state index in [-0.39, 0.29) is 18.9 Å². The highest BCUT2D eigenvalue weighted by atomic mass is 16.8. The van der Waals surface area contributed by atoms with Crippen LogP contribution in [-0.2, 0) is 33.2 Å². The zero-order chi connectivity index (χ0) is 72.5. The number of ether oxygens (including phenoxy) is 6. The summed E-state index contributed by atoms with van der Waals surface area (Å²) in [5.74, 6) is -0.276. The van der Waals surface area contributed by atoms with E-state index >= 15 is 0 Å². The first kappa shape index (κ1) is 90.9. The van der Waals surface area contributed by atoms with Crippen molar-refractivity contribution < 1.29 is 89.4 Å². The summed E-state index contributed by atoms with van der Waals surface area (Å²) in [7, 11) is 0. The molecule has 3 saturated heterocycles. The minimum Gasteiger partial charge on any atom is -0.394 e. The Morgan fingerprint density at radius 2 is 0.690 bits per heavy atom. The SMILES string of the molecule is CC/C=C\C/C=C\C/C=C\C/C=C\C/C=C\C/C=C\C/C=C\CCCCCCCCCCCCCCCCCC(=O)NC(COC1OC(CO)C(OC2OC(CO)C(OC3OC(CO)C(O)C(O)C3O)C(O)C2O)C(O)C1O)C(O)/C=C/CCCCCCCCCCCCCCCCCC. The van der Waals surface area contributed by atoms with E-state index in [4.69, 9.17) is 28.4 Å². The second kappa shape index (κ2) is 60.9. The van der Waals surface area contributed by atoms with Crippen molar-refractivity contribution in [1.82, 2.24) is 5.32 Å². The molecule has 12 N–H and O–H groups in total. The van der Waals surface area contributed by atoms with Gasteiger partial charge in [0.25, 0.3) is 0 Å². The smallest absolute Gasteiger partial charge is 0.220 e. The van der Waals surface area contributed by atoms with Gasteiger partial charge < -0.3 is 89.9 Å². The number of nitrogens with one attached hydrogen (secondary N) is 1. The maximum Gasteiger partial charge on any atom is 0.220 e. The molecule has 0 aromatic rings. The monoisotopic (exact) mass is 1420 g/mol. The predicted molar refractivity (Wildman–Crippen MR) is 397 cm³/mol. The number of carbonyl (C=O) groups is 1. The van der Waals surface area contributed by atoms with E-state index in [1.54, 1.807) is 6.08 Å². The number of aliphatic hydroxyl groups is 11. The average molecular weight is 1420 g/mol. The van der Waals surface area contributed by atoms with E-state index in [1.807, 2.05) is 6.08 Å². The predicted octanol–water partition coefficient (Wildman–Crippen LogP) is 12.8. The van der Waals surface area contributed by atoms with Crippen molar-refractivity contribution in [3.05, 3.63) is 97.2 Å². The zero-order valence-electron chi connectivity index (χ0n) is 61.6. The molecule has 19 nitrogen and oxygen atoms in total. The Kier molecular flexibility index (Phi) is 55.4. The minimum atomic E-state index is -1.98. The number of amides is 1. The van der Waals surface area contributed by atoms with Gasteiger partial charge in [0.15, 0.2) is 18.9 Å². The fraction of sp³-hybridized carbons (Fsp3) is 0.790. The van der Waals surface area contributed by atoms with Gasteiger partial charge in [-0.05, 0) is 77.0 Å². The molecule has 0 radical (unpaired) electrons. The van der Waals surface area contributed by atoms with Gasteiger partial charge >= 0.3 is 0 Å². The Balaban J connectivity index is 1.34. The van der Waals surface area contributed by atoms with Crippen LogP contribution < -0.4 is 5.32 Å². The highest BCUT2D eigenvalue weighted by Gasteiger charge is 2.53. The third-order valence-electron chi connectivity index (χ3n) is 19.1. The molecule has 3 aliphatic rings. The van der Waals surface area contributed by atoms with Crippen molar-refractivity contribution in [2.45, 2.75) is 381 Å². The van der Waals surface area contributed by atoms with Gasteiger partial charge in [-0.1, -0.05) is 291 Å². The Morgan fingerprint density at radius 1 is 0.370 bits per heavy atom. The molecule has 1 amide bonds. The van der Waals surface area contributed by atoms with Crippen LogP contribution in [-0.4, -0.2) is 193 Å². The summed E-state index contributed by atoms with van der Waals surface area (Å²) < 4.78 is 34.4. The average Bonchev–Trinajstić information content (AvgIpc) is 0.783. The van der Waals surface area contributed by atoms with Crippen LogP contribution in [0.1, 0.15) is 277 Å². The fourth-order valence-electron chi connectivity index (χ4n) is 12.8. The molecule has 17 atom stereocenters. The third-order valence-corrected chi connectivity index (χ3v) is 19.1. The lowest BCUT2D eigenvalue weighted by Gasteiger charge is -2.48. The van der Waals surface area contributed by atoms with E-state index in [0.717, 1.165) is 96.3 Å². The highest BCUT2D eigenvalue weighted by molar-refractivity contribution is 5.76. The first-order valence-electron chi connectivity index (χ1n) is 39.5. The minimum absolute atomic E-state index is 0.239. The van der Waals surface area contributed by atoms with E-state index in [0.29, 0.717) is 6.42 Å². The van der Waals surface area contributed by atoms with E-state index in [1.165, 1.54) is 154 Å². The summed E-state index contributed by atoms with van der Waals surface area (Å²) in [4.78, 5) is 13.5. The number of allylic oxidation sites excluding steroid dienone is 15. The number of hydrogen-bond donors (Lipinski definition) is 12. The van der Waals surface area contributed by atoms with Gasteiger partial charge in [0.1, 0.15) is 73.2 Å². The van der Waals surface area contributed by atoms with Crippen molar-refractivity contribution in [2.75, 3.05) is 26.4 Å². The van der Waals surface area contributed by atoms with Crippen LogP contribution in [0, 0.1) is 0 Å². The lowest BCUT2D eigenvalue weighted by Crippen LogP contribution is -2.66. The Morgan fingerprint density at radius 3 is 1.08 bits per heavy atom. The lowest BCUT2D eigenvalue weighted by atomic mass is 9.96. The number of rotatable bonds is 61. The topological polar surface area (TPSA) is 307 Å². The van der Waals surface area contributed by atoms with Crippen LogP contribution in [0.5, 0.6) is 0 Å². The molecular formula is C81H141NO18. The molecule has 19 heteroatoms. The van der Waals surface area contributed by atoms with E-state index < -0.39 is 124 Å². The first-order chi connectivity index (χ1) is 48.8. The number of carbonyl (C=O) groups excluding carboxylic acids is 1. The van der Waals surface area contributed by atoms with Crippen LogP contribution >= 0.6 is 0 Å². The molecular weight excluding hydrogens is 1270 g/mol. The van der Waals surface area contributed by atoms with Gasteiger partial charge in [-0.25, -0.2) is 0 Å². The number of hydrogen-bond acceptors (Lipinski definition) is 18. The van der Waals surface area contributed by atoms with Crippen LogP contribution in [0.2, 0.25) is 0 Å². The summed E-state index contributed by atoms with van der Waals surface area (Å²) >= 11 is 0. The Bertz CT molecular complexity index is 2190. The second-order valence-corrected chi connectivity index (χ2v) is 27.8. The standard InChI is InChI=1S/C81H141NO18/c1-3-5-7-9-11-13-15-17-19-21-23-24-25-26-27-28-29-30-31-32-33-34-35-36-37-38-39-40-41-43-45-47-49-51-53-55-57-59-69(87)82-64(65(86)58-56-54-52-50-48-46-44-42-22-20-18-16-14-12-10-8-6-4-2)63-95-79-75(93)72(90)77(67(61-84)97-79)100-81-76(94)73(91)78(68(62-85)98-81)99-80-74(92)71(89)70(88)66(60-83)96-80/h5,7,11,13,17,19,23-24,26-27,29-30,32-33,56,58,64-68,70-81,83-86,88-94H,3-4,6,8-10,12,14-16,18,20-22,25,28,31,34-55,57,59-63H2,1-2H3,(H,82,87)/b7-5-,13-11-,19-17-,24-23-,27-26-,30-29-,33-32-,58-56+. The van der Waals surface area contributed by atoms with Crippen LogP contribution in [0.3, 0.4) is 0 Å². The quantitative estimate of drug-likeness (QED) is 0.0199. The molecule has 3 heterocycles. The van der Waals surface area contributed by atoms with Gasteiger partial charge in [0.05, 0.1) is 38.6 Å². The summed E-state index contributed by atoms with van der Waals surface area (Å²) in [5.41, 5.74) is 0. The number of aliphatic hydroxyl groups excluding tert-OH is 11. The molecule has 0 bridgehead atoms. The van der Waals surface area contributed by atoms with Gasteiger partial charge in [-0.2, -0.15) is 0 Å². The van der Waals surface area contributed by atoms with Crippen LogP contribution in [0.25, 0.3) is 0 Å². The van der Waals surface area contributed by atoms with Gasteiger partial charge in [0.2, 0.25) is 5.91 Å². The molecule has 0 aromatic carbocycles. The van der Waals surface area contributed by atoms with Crippen molar-refractivity contribution in [1.29, 1.82) is 0 Å². The molecule has 0 spiro atoms. The molecule has 17 unspecified atom stereocenters. The molecule has 578 valence electrons. The Labute approximate surface area is 603 Å². The van der Waals surface area contributed by atoms with Crippen molar-refractivity contribution in [3.8, 4) is 0 Å². The van der Waals surface area contributed by atoms with Crippen molar-refractivity contribution >= 4 is 5.91 Å². The maximum absolute atomic E-state index is 13.5.